The average molecular weight is 385 g/mol. The van der Waals surface area contributed by atoms with Gasteiger partial charge >= 0.3 is 0 Å². The number of nitrogens with one attached hydrogen (secondary N) is 1. The summed E-state index contributed by atoms with van der Waals surface area (Å²) in [4.78, 5) is 31.5. The van der Waals surface area contributed by atoms with Crippen LogP contribution in [0.3, 0.4) is 0 Å². The first-order valence-corrected chi connectivity index (χ1v) is 9.15. The van der Waals surface area contributed by atoms with Crippen LogP contribution in [0.5, 0.6) is 11.5 Å². The van der Waals surface area contributed by atoms with Gasteiger partial charge in [0.1, 0.15) is 23.0 Å². The third kappa shape index (κ3) is 4.32. The molecule has 144 valence electrons. The van der Waals surface area contributed by atoms with Crippen molar-refractivity contribution in [2.45, 2.75) is 6.42 Å². The SMILES string of the molecule is Cn1cc(CC(=O)c2cnc(-c3cccc(Oc4ccccc4)c3)[nH]2)ccc1=O. The molecule has 0 spiro atoms. The monoisotopic (exact) mass is 385 g/mol. The minimum Gasteiger partial charge on any atom is -0.457 e. The van der Waals surface area contributed by atoms with E-state index in [0.29, 0.717) is 17.3 Å². The highest BCUT2D eigenvalue weighted by atomic mass is 16.5. The zero-order valence-corrected chi connectivity index (χ0v) is 15.8. The van der Waals surface area contributed by atoms with E-state index in [0.717, 1.165) is 16.9 Å². The van der Waals surface area contributed by atoms with Crippen LogP contribution in [0.15, 0.2) is 83.9 Å². The van der Waals surface area contributed by atoms with Crippen molar-refractivity contribution in [3.63, 3.8) is 0 Å². The largest absolute Gasteiger partial charge is 0.457 e. The lowest BCUT2D eigenvalue weighted by atomic mass is 10.1. The van der Waals surface area contributed by atoms with Gasteiger partial charge in [-0.05, 0) is 29.8 Å². The zero-order valence-electron chi connectivity index (χ0n) is 15.8. The van der Waals surface area contributed by atoms with Crippen molar-refractivity contribution in [2.24, 2.45) is 7.05 Å². The van der Waals surface area contributed by atoms with E-state index in [9.17, 15) is 9.59 Å². The molecule has 0 aliphatic heterocycles. The minimum absolute atomic E-state index is 0.0981. The Morgan fingerprint density at radius 1 is 1.03 bits per heavy atom. The number of ether oxygens (including phenoxy) is 1. The standard InChI is InChI=1S/C23H19N3O3/c1-26-15-16(10-11-22(26)28)12-21(27)20-14-24-23(25-20)17-6-5-9-19(13-17)29-18-7-3-2-4-8-18/h2-11,13-15H,12H2,1H3,(H,24,25). The molecule has 0 radical (unpaired) electrons. The molecule has 29 heavy (non-hydrogen) atoms. The summed E-state index contributed by atoms with van der Waals surface area (Å²) in [6.45, 7) is 0. The number of aryl methyl sites for hydroxylation is 1. The number of carbonyl (C=O) groups is 1. The Kier molecular flexibility index (Phi) is 5.07. The first-order chi connectivity index (χ1) is 14.1. The minimum atomic E-state index is -0.109. The lowest BCUT2D eigenvalue weighted by Crippen LogP contribution is -2.16. The summed E-state index contributed by atoms with van der Waals surface area (Å²) >= 11 is 0. The highest BCUT2D eigenvalue weighted by Crippen LogP contribution is 2.26. The van der Waals surface area contributed by atoms with Gasteiger partial charge in [0, 0.05) is 31.3 Å². The van der Waals surface area contributed by atoms with Gasteiger partial charge in [-0.1, -0.05) is 36.4 Å². The molecule has 0 saturated heterocycles. The molecule has 0 saturated carbocycles. The summed E-state index contributed by atoms with van der Waals surface area (Å²) in [5, 5.41) is 0. The van der Waals surface area contributed by atoms with E-state index in [4.69, 9.17) is 4.74 Å². The molecule has 4 aromatic rings. The molecule has 0 amide bonds. The number of imidazole rings is 1. The van der Waals surface area contributed by atoms with Gasteiger partial charge in [0.05, 0.1) is 6.20 Å². The Balaban J connectivity index is 1.51. The predicted molar refractivity (Wildman–Crippen MR) is 110 cm³/mol. The molecular weight excluding hydrogens is 366 g/mol. The number of para-hydroxylation sites is 1. The van der Waals surface area contributed by atoms with Gasteiger partial charge in [0.2, 0.25) is 5.56 Å². The van der Waals surface area contributed by atoms with Crippen LogP contribution in [-0.2, 0) is 13.5 Å². The Morgan fingerprint density at radius 3 is 2.62 bits per heavy atom. The van der Waals surface area contributed by atoms with Crippen LogP contribution in [0.25, 0.3) is 11.4 Å². The molecule has 0 bridgehead atoms. The van der Waals surface area contributed by atoms with E-state index < -0.39 is 0 Å². The number of rotatable bonds is 6. The average Bonchev–Trinajstić information content (AvgIpc) is 3.22. The van der Waals surface area contributed by atoms with Gasteiger partial charge in [-0.25, -0.2) is 4.98 Å². The lowest BCUT2D eigenvalue weighted by Gasteiger charge is -2.06. The molecule has 6 nitrogen and oxygen atoms in total. The van der Waals surface area contributed by atoms with Crippen LogP contribution >= 0.6 is 0 Å². The topological polar surface area (TPSA) is 77.0 Å². The van der Waals surface area contributed by atoms with Crippen LogP contribution in [0.1, 0.15) is 16.1 Å². The number of H-pyrrole nitrogens is 1. The Hall–Kier alpha value is -3.93. The molecule has 2 heterocycles. The van der Waals surface area contributed by atoms with E-state index in [1.54, 1.807) is 19.3 Å². The van der Waals surface area contributed by atoms with E-state index in [2.05, 4.69) is 9.97 Å². The highest BCUT2D eigenvalue weighted by molar-refractivity contribution is 5.96. The fraction of sp³-hybridized carbons (Fsp3) is 0.0870. The van der Waals surface area contributed by atoms with Crippen LogP contribution in [0, 0.1) is 0 Å². The summed E-state index contributed by atoms with van der Waals surface area (Å²) in [7, 11) is 1.66. The predicted octanol–water partition coefficient (Wildman–Crippen LogP) is 3.99. The number of nitrogens with zero attached hydrogens (tertiary/aromatic N) is 2. The summed E-state index contributed by atoms with van der Waals surface area (Å²) in [6, 6.07) is 20.2. The van der Waals surface area contributed by atoms with Gasteiger partial charge < -0.3 is 14.3 Å². The smallest absolute Gasteiger partial charge is 0.250 e. The van der Waals surface area contributed by atoms with Crippen LogP contribution in [0.2, 0.25) is 0 Å². The molecule has 0 atom stereocenters. The second kappa shape index (κ2) is 7.98. The molecule has 2 aromatic heterocycles. The van der Waals surface area contributed by atoms with Gasteiger partial charge in [-0.2, -0.15) is 0 Å². The molecule has 1 N–H and O–H groups in total. The van der Waals surface area contributed by atoms with Crippen molar-refractivity contribution in [1.29, 1.82) is 0 Å². The molecule has 4 rings (SSSR count). The fourth-order valence-corrected chi connectivity index (χ4v) is 2.98. The van der Waals surface area contributed by atoms with Gasteiger partial charge in [0.15, 0.2) is 5.78 Å². The normalized spacial score (nSPS) is 10.7. The molecule has 2 aromatic carbocycles. The number of hydrogen-bond donors (Lipinski definition) is 1. The third-order valence-corrected chi connectivity index (χ3v) is 4.47. The van der Waals surface area contributed by atoms with Crippen molar-refractivity contribution >= 4 is 5.78 Å². The Morgan fingerprint density at radius 2 is 1.83 bits per heavy atom. The quantitative estimate of drug-likeness (QED) is 0.509. The molecule has 6 heteroatoms. The maximum atomic E-state index is 12.6. The first-order valence-electron chi connectivity index (χ1n) is 9.15. The van der Waals surface area contributed by atoms with Crippen molar-refractivity contribution in [3.05, 3.63) is 101 Å². The van der Waals surface area contributed by atoms with Crippen LogP contribution in [-0.4, -0.2) is 20.3 Å². The lowest BCUT2D eigenvalue weighted by molar-refractivity contribution is 0.0988. The number of pyridine rings is 1. The highest BCUT2D eigenvalue weighted by Gasteiger charge is 2.13. The van der Waals surface area contributed by atoms with Crippen molar-refractivity contribution < 1.29 is 9.53 Å². The third-order valence-electron chi connectivity index (χ3n) is 4.47. The van der Waals surface area contributed by atoms with E-state index in [1.807, 2.05) is 54.6 Å². The summed E-state index contributed by atoms with van der Waals surface area (Å²) in [6.07, 6.45) is 3.39. The van der Waals surface area contributed by atoms with Gasteiger partial charge in [0.25, 0.3) is 0 Å². The molecule has 0 aliphatic rings. The van der Waals surface area contributed by atoms with E-state index in [-0.39, 0.29) is 17.8 Å². The van der Waals surface area contributed by atoms with E-state index in [1.165, 1.54) is 16.8 Å². The zero-order chi connectivity index (χ0) is 20.2. The first kappa shape index (κ1) is 18.4. The van der Waals surface area contributed by atoms with Crippen LogP contribution < -0.4 is 10.3 Å². The fourth-order valence-electron chi connectivity index (χ4n) is 2.98. The van der Waals surface area contributed by atoms with Crippen molar-refractivity contribution in [3.8, 4) is 22.9 Å². The number of aromatic amines is 1. The molecule has 0 fully saturated rings. The Labute approximate surface area is 167 Å². The number of aromatic nitrogens is 3. The van der Waals surface area contributed by atoms with Gasteiger partial charge in [-0.15, -0.1) is 0 Å². The number of Topliss-reactive ketones (excluding diaryl/α,β-unsaturated/α-hetero) is 1. The maximum absolute atomic E-state index is 12.6. The van der Waals surface area contributed by atoms with Crippen molar-refractivity contribution in [1.82, 2.24) is 14.5 Å². The number of hydrogen-bond acceptors (Lipinski definition) is 4. The summed E-state index contributed by atoms with van der Waals surface area (Å²) in [5.74, 6) is 1.92. The van der Waals surface area contributed by atoms with E-state index >= 15 is 0 Å². The summed E-state index contributed by atoms with van der Waals surface area (Å²) in [5.41, 5.74) is 1.90. The molecular formula is C23H19N3O3. The molecule has 0 aliphatic carbocycles. The second-order valence-corrected chi connectivity index (χ2v) is 6.67. The van der Waals surface area contributed by atoms with Crippen LogP contribution in [0.4, 0.5) is 0 Å². The number of ketones is 1. The number of carbonyl (C=O) groups excluding carboxylic acids is 1. The van der Waals surface area contributed by atoms with Crippen molar-refractivity contribution in [2.75, 3.05) is 0 Å². The Bertz CT molecular complexity index is 1210. The second-order valence-electron chi connectivity index (χ2n) is 6.67. The molecule has 0 unspecified atom stereocenters. The maximum Gasteiger partial charge on any atom is 0.250 e. The summed E-state index contributed by atoms with van der Waals surface area (Å²) < 4.78 is 7.32. The van der Waals surface area contributed by atoms with Gasteiger partial charge in [-0.3, -0.25) is 9.59 Å². The number of benzene rings is 2.